The maximum atomic E-state index is 12.9. The normalized spacial score (nSPS) is 21.2. The summed E-state index contributed by atoms with van der Waals surface area (Å²) in [5.74, 6) is -0.757. The van der Waals surface area contributed by atoms with Gasteiger partial charge in [0.15, 0.2) is 0 Å². The molecule has 1 aliphatic carbocycles. The van der Waals surface area contributed by atoms with Crippen LogP contribution in [0.15, 0.2) is 12.1 Å². The van der Waals surface area contributed by atoms with Crippen LogP contribution in [0.3, 0.4) is 0 Å². The summed E-state index contributed by atoms with van der Waals surface area (Å²) in [4.78, 5) is 25.1. The number of nitrogens with zero attached hydrogens (tertiary/aromatic N) is 4. The first-order valence-corrected chi connectivity index (χ1v) is 11.8. The van der Waals surface area contributed by atoms with Crippen LogP contribution in [-0.2, 0) is 22.1 Å². The molecular formula is C22H29ClF2N6O5. The van der Waals surface area contributed by atoms with Crippen molar-refractivity contribution in [2.45, 2.75) is 75.8 Å². The second-order valence-electron chi connectivity index (χ2n) is 10.3. The number of carbonyl (C=O) groups excluding carboxylic acids is 2. The molecule has 0 unspecified atom stereocenters. The predicted molar refractivity (Wildman–Crippen MR) is 124 cm³/mol. The summed E-state index contributed by atoms with van der Waals surface area (Å²) in [6, 6.07) is 2.72. The lowest BCUT2D eigenvalue weighted by Gasteiger charge is -2.22. The summed E-state index contributed by atoms with van der Waals surface area (Å²) in [6.45, 7) is 7.90. The van der Waals surface area contributed by atoms with Gasteiger partial charge in [-0.2, -0.15) is 5.10 Å². The summed E-state index contributed by atoms with van der Waals surface area (Å²) in [5, 5.41) is 14.0. The van der Waals surface area contributed by atoms with Crippen LogP contribution in [0.4, 0.5) is 19.4 Å². The van der Waals surface area contributed by atoms with Crippen LogP contribution in [0.2, 0.25) is 0 Å². The van der Waals surface area contributed by atoms with Gasteiger partial charge in [-0.15, -0.1) is 13.9 Å². The number of alkyl halides is 3. The molecule has 11 nitrogen and oxygen atoms in total. The van der Waals surface area contributed by atoms with E-state index >= 15 is 0 Å². The minimum absolute atomic E-state index is 0.0323. The average molecular weight is 531 g/mol. The molecule has 2 N–H and O–H groups in total. The van der Waals surface area contributed by atoms with E-state index in [1.807, 2.05) is 27.7 Å². The third kappa shape index (κ3) is 6.25. The third-order valence-corrected chi connectivity index (χ3v) is 5.96. The highest BCUT2D eigenvalue weighted by molar-refractivity contribution is 6.20. The SMILES string of the molecule is Cn1nc(OC(F)(F)Cl)cc1C(=O)Nc1cc([C@H]2C[C@@H](OC(=O)NC3(C)CC3)CO2)nn1C(C)(C)C. The summed E-state index contributed by atoms with van der Waals surface area (Å²) in [5.41, 5.74) is -4.13. The van der Waals surface area contributed by atoms with Crippen molar-refractivity contribution in [2.24, 2.45) is 7.05 Å². The van der Waals surface area contributed by atoms with Gasteiger partial charge in [-0.25, -0.2) is 9.48 Å². The minimum atomic E-state index is -3.96. The van der Waals surface area contributed by atoms with E-state index in [2.05, 4.69) is 25.6 Å². The second kappa shape index (κ2) is 9.18. The van der Waals surface area contributed by atoms with E-state index in [0.717, 1.165) is 23.6 Å². The Balaban J connectivity index is 1.46. The van der Waals surface area contributed by atoms with Crippen LogP contribution in [0.1, 0.15) is 69.2 Å². The molecule has 36 heavy (non-hydrogen) atoms. The number of alkyl carbamates (subject to hydrolysis) is 1. The Hall–Kier alpha value is -2.93. The number of halogens is 3. The zero-order valence-corrected chi connectivity index (χ0v) is 21.4. The number of rotatable bonds is 7. The van der Waals surface area contributed by atoms with Gasteiger partial charge in [0, 0.05) is 42.7 Å². The van der Waals surface area contributed by atoms with Crippen molar-refractivity contribution < 1.29 is 32.6 Å². The van der Waals surface area contributed by atoms with Crippen molar-refractivity contribution in [3.63, 3.8) is 0 Å². The standard InChI is InChI=1S/C22H29ClF2N6O5/c1-20(2,3)31-16(26-18(32)14-10-17(29-30(14)5)36-22(23,24)25)9-13(28-31)15-8-12(11-34-15)35-19(33)27-21(4)6-7-21/h9-10,12,15H,6-8,11H2,1-5H3,(H,26,32)(H,27,33)/t12-,15-/m1/s1. The number of hydrogen-bond donors (Lipinski definition) is 2. The van der Waals surface area contributed by atoms with Gasteiger partial charge in [-0.3, -0.25) is 9.48 Å². The fourth-order valence-electron chi connectivity index (χ4n) is 3.79. The molecule has 198 valence electrons. The van der Waals surface area contributed by atoms with Crippen LogP contribution < -0.4 is 15.4 Å². The number of amides is 2. The lowest BCUT2D eigenvalue weighted by atomic mass is 10.1. The van der Waals surface area contributed by atoms with Gasteiger partial charge in [-0.05, 0) is 40.5 Å². The third-order valence-electron chi connectivity index (χ3n) is 5.88. The number of anilines is 1. The van der Waals surface area contributed by atoms with E-state index in [0.29, 0.717) is 17.9 Å². The van der Waals surface area contributed by atoms with Crippen LogP contribution in [0, 0.1) is 0 Å². The zero-order chi connectivity index (χ0) is 26.5. The molecular weight excluding hydrogens is 502 g/mol. The lowest BCUT2D eigenvalue weighted by Crippen LogP contribution is -2.37. The fraction of sp³-hybridized carbons (Fsp3) is 0.636. The van der Waals surface area contributed by atoms with Gasteiger partial charge in [0.2, 0.25) is 5.88 Å². The smallest absolute Gasteiger partial charge is 0.444 e. The molecule has 2 atom stereocenters. The van der Waals surface area contributed by atoms with Crippen molar-refractivity contribution in [3.05, 3.63) is 23.5 Å². The number of ether oxygens (including phenoxy) is 3. The van der Waals surface area contributed by atoms with E-state index < -0.39 is 41.2 Å². The highest BCUT2D eigenvalue weighted by Gasteiger charge is 2.40. The zero-order valence-electron chi connectivity index (χ0n) is 20.6. The molecule has 4 rings (SSSR count). The van der Waals surface area contributed by atoms with Crippen molar-refractivity contribution in [3.8, 4) is 5.88 Å². The van der Waals surface area contributed by atoms with Crippen molar-refractivity contribution in [2.75, 3.05) is 11.9 Å². The molecule has 1 saturated heterocycles. The Morgan fingerprint density at radius 3 is 2.56 bits per heavy atom. The Morgan fingerprint density at radius 2 is 1.94 bits per heavy atom. The number of hydrogen-bond acceptors (Lipinski definition) is 7. The van der Waals surface area contributed by atoms with Crippen LogP contribution >= 0.6 is 11.6 Å². The molecule has 2 amide bonds. The average Bonchev–Trinajstić information content (AvgIpc) is 3.10. The molecule has 14 heteroatoms. The highest BCUT2D eigenvalue weighted by Crippen LogP contribution is 2.36. The van der Waals surface area contributed by atoms with Crippen molar-refractivity contribution >= 4 is 29.4 Å². The van der Waals surface area contributed by atoms with Crippen LogP contribution in [0.5, 0.6) is 5.88 Å². The molecule has 2 aromatic rings. The quantitative estimate of drug-likeness (QED) is 0.521. The Labute approximate surface area is 211 Å². The first-order chi connectivity index (χ1) is 16.6. The highest BCUT2D eigenvalue weighted by atomic mass is 35.5. The minimum Gasteiger partial charge on any atom is -0.444 e. The first kappa shape index (κ1) is 26.1. The fourth-order valence-corrected chi connectivity index (χ4v) is 3.86. The van der Waals surface area contributed by atoms with Crippen LogP contribution in [-0.4, -0.2) is 55.4 Å². The molecule has 3 heterocycles. The van der Waals surface area contributed by atoms with Gasteiger partial charge >= 0.3 is 11.7 Å². The summed E-state index contributed by atoms with van der Waals surface area (Å²) >= 11 is 4.78. The van der Waals surface area contributed by atoms with E-state index in [-0.39, 0.29) is 17.8 Å². The second-order valence-corrected chi connectivity index (χ2v) is 10.7. The molecule has 0 spiro atoms. The topological polar surface area (TPSA) is 122 Å². The monoisotopic (exact) mass is 530 g/mol. The van der Waals surface area contributed by atoms with E-state index in [1.54, 1.807) is 10.7 Å². The van der Waals surface area contributed by atoms with Gasteiger partial charge < -0.3 is 24.8 Å². The number of aryl methyl sites for hydroxylation is 1. The molecule has 0 bridgehead atoms. The van der Waals surface area contributed by atoms with E-state index in [1.165, 1.54) is 7.05 Å². The lowest BCUT2D eigenvalue weighted by molar-refractivity contribution is -0.0993. The Morgan fingerprint density at radius 1 is 1.25 bits per heavy atom. The van der Waals surface area contributed by atoms with Crippen molar-refractivity contribution in [1.29, 1.82) is 0 Å². The summed E-state index contributed by atoms with van der Waals surface area (Å²) < 4.78 is 44.2. The van der Waals surface area contributed by atoms with E-state index in [9.17, 15) is 18.4 Å². The predicted octanol–water partition coefficient (Wildman–Crippen LogP) is 3.90. The van der Waals surface area contributed by atoms with Crippen molar-refractivity contribution in [1.82, 2.24) is 24.9 Å². The summed E-state index contributed by atoms with van der Waals surface area (Å²) in [6.07, 6.45) is 0.926. The summed E-state index contributed by atoms with van der Waals surface area (Å²) in [7, 11) is 1.41. The van der Waals surface area contributed by atoms with Gasteiger partial charge in [0.25, 0.3) is 5.91 Å². The Kier molecular flexibility index (Phi) is 6.67. The molecule has 2 aliphatic rings. The van der Waals surface area contributed by atoms with Gasteiger partial charge in [0.05, 0.1) is 17.8 Å². The van der Waals surface area contributed by atoms with E-state index in [4.69, 9.17) is 21.1 Å². The largest absolute Gasteiger partial charge is 0.488 e. The van der Waals surface area contributed by atoms with Gasteiger partial charge in [-0.1, -0.05) is 0 Å². The molecule has 1 aliphatic heterocycles. The molecule has 1 saturated carbocycles. The molecule has 0 aromatic carbocycles. The van der Waals surface area contributed by atoms with Crippen LogP contribution in [0.25, 0.3) is 0 Å². The number of aromatic nitrogens is 4. The first-order valence-electron chi connectivity index (χ1n) is 11.4. The maximum Gasteiger partial charge on any atom is 0.488 e. The number of nitrogens with one attached hydrogen (secondary N) is 2. The van der Waals surface area contributed by atoms with Gasteiger partial charge in [0.1, 0.15) is 23.7 Å². The maximum absolute atomic E-state index is 12.9. The Bertz CT molecular complexity index is 1150. The molecule has 2 aromatic heterocycles. The number of carbonyl (C=O) groups is 2. The molecule has 0 radical (unpaired) electrons. The molecule has 2 fully saturated rings.